The molecule has 3 nitrogen and oxygen atoms in total. The molecule has 1 heterocycles. The molecule has 2 unspecified atom stereocenters. The number of benzene rings is 1. The van der Waals surface area contributed by atoms with E-state index >= 15 is 0 Å². The van der Waals surface area contributed by atoms with Gasteiger partial charge in [0.2, 0.25) is 10.0 Å². The molecule has 0 saturated carbocycles. The monoisotopic (exact) mass is 345 g/mol. The molecule has 0 aliphatic carbocycles. The van der Waals surface area contributed by atoms with E-state index in [1.807, 2.05) is 19.1 Å². The van der Waals surface area contributed by atoms with Gasteiger partial charge in [0, 0.05) is 17.6 Å². The van der Waals surface area contributed by atoms with Gasteiger partial charge in [0.1, 0.15) is 0 Å². The minimum Gasteiger partial charge on any atom is -0.207 e. The van der Waals surface area contributed by atoms with Crippen molar-refractivity contribution in [2.45, 2.75) is 32.1 Å². The smallest absolute Gasteiger partial charge is 0.207 e. The highest BCUT2D eigenvalue weighted by atomic mass is 79.9. The molecule has 1 aliphatic heterocycles. The van der Waals surface area contributed by atoms with Gasteiger partial charge in [-0.3, -0.25) is 0 Å². The van der Waals surface area contributed by atoms with Gasteiger partial charge in [-0.05, 0) is 58.8 Å². The van der Waals surface area contributed by atoms with E-state index < -0.39 is 10.0 Å². The van der Waals surface area contributed by atoms with Crippen LogP contribution in [0.2, 0.25) is 0 Å². The zero-order valence-electron chi connectivity index (χ0n) is 11.6. The van der Waals surface area contributed by atoms with Gasteiger partial charge in [-0.2, -0.15) is 4.31 Å². The van der Waals surface area contributed by atoms with Gasteiger partial charge in [0.25, 0.3) is 0 Å². The summed E-state index contributed by atoms with van der Waals surface area (Å²) < 4.78 is 27.6. The second-order valence-corrected chi connectivity index (χ2v) is 8.30. The van der Waals surface area contributed by atoms with Crippen molar-refractivity contribution in [2.24, 2.45) is 11.8 Å². The number of piperidine rings is 1. The summed E-state index contributed by atoms with van der Waals surface area (Å²) in [6, 6.07) is 5.38. The van der Waals surface area contributed by atoms with Gasteiger partial charge >= 0.3 is 0 Å². The SMILES string of the molecule is Cc1ccc(S(=O)(=O)N2CCC(C)C(C)C2)c(Br)c1. The van der Waals surface area contributed by atoms with Crippen molar-refractivity contribution in [3.63, 3.8) is 0 Å². The predicted octanol–water partition coefficient (Wildman–Crippen LogP) is 3.42. The Bertz CT molecular complexity index is 571. The molecule has 1 aromatic rings. The second kappa shape index (κ2) is 5.54. The van der Waals surface area contributed by atoms with Crippen LogP contribution in [0, 0.1) is 18.8 Å². The Morgan fingerprint density at radius 3 is 2.53 bits per heavy atom. The normalized spacial score (nSPS) is 25.5. The van der Waals surface area contributed by atoms with Gasteiger partial charge < -0.3 is 0 Å². The topological polar surface area (TPSA) is 37.4 Å². The molecule has 19 heavy (non-hydrogen) atoms. The first-order valence-corrected chi connectivity index (χ1v) is 8.82. The minimum absolute atomic E-state index is 0.375. The van der Waals surface area contributed by atoms with Crippen LogP contribution in [0.1, 0.15) is 25.8 Å². The Morgan fingerprint density at radius 1 is 1.26 bits per heavy atom. The Labute approximate surface area is 124 Å². The van der Waals surface area contributed by atoms with E-state index in [1.54, 1.807) is 10.4 Å². The molecule has 0 bridgehead atoms. The summed E-state index contributed by atoms with van der Waals surface area (Å²) in [6.45, 7) is 7.50. The Morgan fingerprint density at radius 2 is 1.95 bits per heavy atom. The lowest BCUT2D eigenvalue weighted by molar-refractivity contribution is 0.212. The van der Waals surface area contributed by atoms with E-state index in [4.69, 9.17) is 0 Å². The van der Waals surface area contributed by atoms with Crippen molar-refractivity contribution in [2.75, 3.05) is 13.1 Å². The van der Waals surface area contributed by atoms with Crippen LogP contribution in [0.5, 0.6) is 0 Å². The van der Waals surface area contributed by atoms with E-state index in [9.17, 15) is 8.42 Å². The maximum atomic E-state index is 12.7. The van der Waals surface area contributed by atoms with Gasteiger partial charge in [0.05, 0.1) is 4.90 Å². The van der Waals surface area contributed by atoms with E-state index in [0.29, 0.717) is 34.3 Å². The van der Waals surface area contributed by atoms with E-state index in [1.165, 1.54) is 0 Å². The number of halogens is 1. The number of aryl methyl sites for hydroxylation is 1. The molecule has 2 atom stereocenters. The first-order valence-electron chi connectivity index (χ1n) is 6.58. The van der Waals surface area contributed by atoms with Crippen LogP contribution >= 0.6 is 15.9 Å². The fourth-order valence-electron chi connectivity index (χ4n) is 2.40. The number of rotatable bonds is 2. The van der Waals surface area contributed by atoms with Crippen molar-refractivity contribution in [3.8, 4) is 0 Å². The van der Waals surface area contributed by atoms with Crippen LogP contribution in [-0.4, -0.2) is 25.8 Å². The Kier molecular flexibility index (Phi) is 4.38. The quantitative estimate of drug-likeness (QED) is 0.823. The number of hydrogen-bond donors (Lipinski definition) is 0. The van der Waals surface area contributed by atoms with Crippen molar-refractivity contribution in [1.82, 2.24) is 4.31 Å². The van der Waals surface area contributed by atoms with E-state index in [-0.39, 0.29) is 0 Å². The van der Waals surface area contributed by atoms with Crippen molar-refractivity contribution >= 4 is 26.0 Å². The zero-order chi connectivity index (χ0) is 14.2. The van der Waals surface area contributed by atoms with Crippen molar-refractivity contribution in [1.29, 1.82) is 0 Å². The summed E-state index contributed by atoms with van der Waals surface area (Å²) in [5, 5.41) is 0. The van der Waals surface area contributed by atoms with Crippen LogP contribution in [-0.2, 0) is 10.0 Å². The lowest BCUT2D eigenvalue weighted by Gasteiger charge is -2.34. The van der Waals surface area contributed by atoms with Crippen LogP contribution in [0.25, 0.3) is 0 Å². The van der Waals surface area contributed by atoms with Gasteiger partial charge in [0.15, 0.2) is 0 Å². The Balaban J connectivity index is 2.32. The Hall–Kier alpha value is -0.390. The number of hydrogen-bond acceptors (Lipinski definition) is 2. The van der Waals surface area contributed by atoms with E-state index in [2.05, 4.69) is 29.8 Å². The van der Waals surface area contributed by atoms with Crippen LogP contribution in [0.15, 0.2) is 27.6 Å². The summed E-state index contributed by atoms with van der Waals surface area (Å²) in [7, 11) is -3.38. The molecule has 106 valence electrons. The summed E-state index contributed by atoms with van der Waals surface area (Å²) in [5.74, 6) is 1.00. The highest BCUT2D eigenvalue weighted by Gasteiger charge is 2.32. The molecule has 2 rings (SSSR count). The first kappa shape index (κ1) is 15.0. The fourth-order valence-corrected chi connectivity index (χ4v) is 5.10. The molecule has 0 amide bonds. The first-order chi connectivity index (χ1) is 8.82. The third-order valence-corrected chi connectivity index (χ3v) is 6.84. The molecule has 0 N–H and O–H groups in total. The van der Waals surface area contributed by atoms with E-state index in [0.717, 1.165) is 12.0 Å². The van der Waals surface area contributed by atoms with Crippen LogP contribution in [0.4, 0.5) is 0 Å². The number of nitrogens with zero attached hydrogens (tertiary/aromatic N) is 1. The third kappa shape index (κ3) is 3.03. The summed E-state index contributed by atoms with van der Waals surface area (Å²) in [4.78, 5) is 0.375. The molecule has 0 aromatic heterocycles. The molecule has 0 spiro atoms. The van der Waals surface area contributed by atoms with Gasteiger partial charge in [-0.1, -0.05) is 19.9 Å². The molecule has 1 saturated heterocycles. The maximum absolute atomic E-state index is 12.7. The summed E-state index contributed by atoms with van der Waals surface area (Å²) in [6.07, 6.45) is 0.934. The highest BCUT2D eigenvalue weighted by molar-refractivity contribution is 9.10. The van der Waals surface area contributed by atoms with Gasteiger partial charge in [-0.15, -0.1) is 0 Å². The van der Waals surface area contributed by atoms with Crippen molar-refractivity contribution in [3.05, 3.63) is 28.2 Å². The average Bonchev–Trinajstić information content (AvgIpc) is 2.32. The highest BCUT2D eigenvalue weighted by Crippen LogP contribution is 2.30. The average molecular weight is 346 g/mol. The van der Waals surface area contributed by atoms with Gasteiger partial charge in [-0.25, -0.2) is 8.42 Å². The fraction of sp³-hybridized carbons (Fsp3) is 0.571. The maximum Gasteiger partial charge on any atom is 0.244 e. The predicted molar refractivity (Wildman–Crippen MR) is 80.6 cm³/mol. The third-order valence-electron chi connectivity index (χ3n) is 4.00. The molecule has 1 aliphatic rings. The summed E-state index contributed by atoms with van der Waals surface area (Å²) in [5.41, 5.74) is 1.05. The van der Waals surface area contributed by atoms with Crippen molar-refractivity contribution < 1.29 is 8.42 Å². The molecule has 5 heteroatoms. The van der Waals surface area contributed by atoms with Crippen LogP contribution in [0.3, 0.4) is 0 Å². The number of sulfonamides is 1. The molecule has 0 radical (unpaired) electrons. The molecule has 1 fully saturated rings. The standard InChI is InChI=1S/C14H20BrNO2S/c1-10-4-5-14(13(15)8-10)19(17,18)16-7-6-11(2)12(3)9-16/h4-5,8,11-12H,6-7,9H2,1-3H3. The molecular weight excluding hydrogens is 326 g/mol. The lowest BCUT2D eigenvalue weighted by Crippen LogP contribution is -2.42. The molecular formula is C14H20BrNO2S. The summed E-state index contributed by atoms with van der Waals surface area (Å²) >= 11 is 3.37. The second-order valence-electron chi connectivity index (χ2n) is 5.54. The lowest BCUT2D eigenvalue weighted by atomic mass is 9.90. The van der Waals surface area contributed by atoms with Crippen LogP contribution < -0.4 is 0 Å². The zero-order valence-corrected chi connectivity index (χ0v) is 14.0. The minimum atomic E-state index is -3.38. The molecule has 1 aromatic carbocycles. The largest absolute Gasteiger partial charge is 0.244 e.